The molecule has 3 rings (SSSR count). The molecule has 0 aromatic rings. The van der Waals surface area contributed by atoms with E-state index in [1.54, 1.807) is 0 Å². The third-order valence-corrected chi connectivity index (χ3v) is 6.02. The zero-order chi connectivity index (χ0) is 13.3. The lowest BCUT2D eigenvalue weighted by Crippen LogP contribution is -2.54. The molecule has 3 fully saturated rings. The summed E-state index contributed by atoms with van der Waals surface area (Å²) in [5.74, 6) is 1.92. The fraction of sp³-hybridized carbons (Fsp3) is 1.00. The van der Waals surface area contributed by atoms with Crippen LogP contribution in [0.4, 0.5) is 0 Å². The van der Waals surface area contributed by atoms with E-state index in [9.17, 15) is 0 Å². The first kappa shape index (κ1) is 13.9. The molecule has 1 saturated heterocycles. The Balaban J connectivity index is 1.70. The molecule has 1 N–H and O–H groups in total. The second kappa shape index (κ2) is 5.73. The van der Waals surface area contributed by atoms with Crippen LogP contribution in [-0.4, -0.2) is 36.1 Å². The van der Waals surface area contributed by atoms with E-state index in [0.29, 0.717) is 5.54 Å². The molecule has 2 heteroatoms. The predicted molar refractivity (Wildman–Crippen MR) is 81.4 cm³/mol. The Kier molecular flexibility index (Phi) is 4.19. The van der Waals surface area contributed by atoms with Crippen molar-refractivity contribution >= 4 is 0 Å². The van der Waals surface area contributed by atoms with Gasteiger partial charge in [-0.3, -0.25) is 4.90 Å². The summed E-state index contributed by atoms with van der Waals surface area (Å²) < 4.78 is 0. The van der Waals surface area contributed by atoms with Gasteiger partial charge in [-0.1, -0.05) is 26.2 Å². The predicted octanol–water partition coefficient (Wildman–Crippen LogP) is 3.42. The first-order chi connectivity index (χ1) is 9.23. The fourth-order valence-corrected chi connectivity index (χ4v) is 4.63. The average molecular weight is 264 g/mol. The van der Waals surface area contributed by atoms with E-state index in [1.165, 1.54) is 71.0 Å². The third kappa shape index (κ3) is 3.00. The van der Waals surface area contributed by atoms with Gasteiger partial charge in [0.25, 0.3) is 0 Å². The minimum atomic E-state index is 0.409. The summed E-state index contributed by atoms with van der Waals surface area (Å²) in [5.41, 5.74) is 0.409. The van der Waals surface area contributed by atoms with Gasteiger partial charge in [0.2, 0.25) is 0 Å². The van der Waals surface area contributed by atoms with E-state index in [2.05, 4.69) is 24.1 Å². The number of rotatable bonds is 3. The van der Waals surface area contributed by atoms with E-state index >= 15 is 0 Å². The third-order valence-electron chi connectivity index (χ3n) is 6.02. The van der Waals surface area contributed by atoms with Crippen molar-refractivity contribution in [2.75, 3.05) is 19.6 Å². The highest BCUT2D eigenvalue weighted by molar-refractivity contribution is 5.02. The highest BCUT2D eigenvalue weighted by Gasteiger charge is 2.44. The van der Waals surface area contributed by atoms with E-state index < -0.39 is 0 Å². The molecule has 0 amide bonds. The molecular weight excluding hydrogens is 232 g/mol. The smallest absolute Gasteiger partial charge is 0.0308 e. The molecule has 1 heterocycles. The van der Waals surface area contributed by atoms with E-state index in [0.717, 1.165) is 17.9 Å². The average Bonchev–Trinajstić information content (AvgIpc) is 3.26. The van der Waals surface area contributed by atoms with Gasteiger partial charge in [0.05, 0.1) is 0 Å². The molecular formula is C17H32N2. The molecule has 2 saturated carbocycles. The Morgan fingerprint density at radius 3 is 2.63 bits per heavy atom. The van der Waals surface area contributed by atoms with Crippen molar-refractivity contribution in [3.63, 3.8) is 0 Å². The Labute approximate surface area is 119 Å². The second-order valence-corrected chi connectivity index (χ2v) is 7.46. The van der Waals surface area contributed by atoms with Gasteiger partial charge in [0.15, 0.2) is 0 Å². The Hall–Kier alpha value is -0.0800. The van der Waals surface area contributed by atoms with Gasteiger partial charge in [-0.05, 0) is 64.0 Å². The zero-order valence-corrected chi connectivity index (χ0v) is 13.0. The molecule has 0 aromatic carbocycles. The first-order valence-corrected chi connectivity index (χ1v) is 8.72. The van der Waals surface area contributed by atoms with Crippen LogP contribution in [0.3, 0.4) is 0 Å². The van der Waals surface area contributed by atoms with E-state index in [4.69, 9.17) is 0 Å². The van der Waals surface area contributed by atoms with Crippen molar-refractivity contribution in [1.29, 1.82) is 0 Å². The van der Waals surface area contributed by atoms with Crippen LogP contribution < -0.4 is 5.32 Å². The van der Waals surface area contributed by atoms with Crippen LogP contribution in [0.15, 0.2) is 0 Å². The molecule has 1 aliphatic heterocycles. The fourth-order valence-electron chi connectivity index (χ4n) is 4.63. The van der Waals surface area contributed by atoms with Crippen molar-refractivity contribution in [1.82, 2.24) is 10.2 Å². The van der Waals surface area contributed by atoms with Crippen LogP contribution in [-0.2, 0) is 0 Å². The summed E-state index contributed by atoms with van der Waals surface area (Å²) in [4.78, 5) is 2.88. The molecule has 19 heavy (non-hydrogen) atoms. The normalized spacial score (nSPS) is 42.0. The lowest BCUT2D eigenvalue weighted by atomic mass is 9.81. The molecule has 3 unspecified atom stereocenters. The maximum absolute atomic E-state index is 3.88. The quantitative estimate of drug-likeness (QED) is 0.840. The molecule has 0 radical (unpaired) electrons. The van der Waals surface area contributed by atoms with Gasteiger partial charge in [0, 0.05) is 18.1 Å². The second-order valence-electron chi connectivity index (χ2n) is 7.46. The van der Waals surface area contributed by atoms with Crippen molar-refractivity contribution < 1.29 is 0 Å². The number of hydrogen-bond donors (Lipinski definition) is 1. The van der Waals surface area contributed by atoms with Gasteiger partial charge in [-0.25, -0.2) is 0 Å². The minimum Gasteiger partial charge on any atom is -0.310 e. The number of nitrogens with one attached hydrogen (secondary N) is 1. The van der Waals surface area contributed by atoms with Crippen LogP contribution in [0.1, 0.15) is 65.2 Å². The van der Waals surface area contributed by atoms with Gasteiger partial charge in [-0.15, -0.1) is 0 Å². The first-order valence-electron chi connectivity index (χ1n) is 8.72. The van der Waals surface area contributed by atoms with E-state index in [-0.39, 0.29) is 0 Å². The summed E-state index contributed by atoms with van der Waals surface area (Å²) in [6.07, 6.45) is 11.5. The molecule has 3 aliphatic rings. The van der Waals surface area contributed by atoms with Crippen molar-refractivity contribution in [2.24, 2.45) is 11.8 Å². The van der Waals surface area contributed by atoms with Crippen LogP contribution in [0.25, 0.3) is 0 Å². The van der Waals surface area contributed by atoms with Crippen LogP contribution in [0.2, 0.25) is 0 Å². The van der Waals surface area contributed by atoms with Gasteiger partial charge < -0.3 is 5.32 Å². The minimum absolute atomic E-state index is 0.409. The molecule has 0 aromatic heterocycles. The van der Waals surface area contributed by atoms with Crippen molar-refractivity contribution in [3.8, 4) is 0 Å². The molecule has 2 aliphatic carbocycles. The zero-order valence-electron chi connectivity index (χ0n) is 13.0. The number of hydrogen-bond acceptors (Lipinski definition) is 2. The van der Waals surface area contributed by atoms with Gasteiger partial charge in [0.1, 0.15) is 0 Å². The topological polar surface area (TPSA) is 15.3 Å². The molecule has 0 bridgehead atoms. The van der Waals surface area contributed by atoms with Crippen LogP contribution >= 0.6 is 0 Å². The molecule has 110 valence electrons. The van der Waals surface area contributed by atoms with Crippen molar-refractivity contribution in [2.45, 2.75) is 76.8 Å². The summed E-state index contributed by atoms with van der Waals surface area (Å²) in [6.45, 7) is 8.76. The maximum Gasteiger partial charge on any atom is 0.0308 e. The summed E-state index contributed by atoms with van der Waals surface area (Å²) in [7, 11) is 0. The van der Waals surface area contributed by atoms with Gasteiger partial charge >= 0.3 is 0 Å². The molecule has 3 atom stereocenters. The van der Waals surface area contributed by atoms with Crippen LogP contribution in [0, 0.1) is 11.8 Å². The Morgan fingerprint density at radius 1 is 1.11 bits per heavy atom. The number of nitrogens with zero attached hydrogens (tertiary/aromatic N) is 1. The van der Waals surface area contributed by atoms with Crippen molar-refractivity contribution in [3.05, 3.63) is 0 Å². The summed E-state index contributed by atoms with van der Waals surface area (Å²) >= 11 is 0. The monoisotopic (exact) mass is 264 g/mol. The standard InChI is InChI=1S/C17H32N2/c1-3-14-7-4-5-8-16(14)19-12-6-11-18-17(2,13-19)15-9-10-15/h14-16,18H,3-13H2,1-2H3. The SMILES string of the molecule is CCC1CCCCC1N1CCCNC(C)(C2CC2)C1. The lowest BCUT2D eigenvalue weighted by molar-refractivity contribution is 0.0797. The highest BCUT2D eigenvalue weighted by Crippen LogP contribution is 2.42. The Bertz CT molecular complexity index is 300. The van der Waals surface area contributed by atoms with Crippen LogP contribution in [0.5, 0.6) is 0 Å². The molecule has 2 nitrogen and oxygen atoms in total. The highest BCUT2D eigenvalue weighted by atomic mass is 15.2. The van der Waals surface area contributed by atoms with E-state index in [1.807, 2.05) is 0 Å². The summed E-state index contributed by atoms with van der Waals surface area (Å²) in [5, 5.41) is 3.88. The Morgan fingerprint density at radius 2 is 1.89 bits per heavy atom. The summed E-state index contributed by atoms with van der Waals surface area (Å²) in [6, 6.07) is 0.886. The molecule has 0 spiro atoms. The maximum atomic E-state index is 3.88. The lowest BCUT2D eigenvalue weighted by Gasteiger charge is -2.43. The van der Waals surface area contributed by atoms with Gasteiger partial charge in [-0.2, -0.15) is 0 Å². The largest absolute Gasteiger partial charge is 0.310 e.